The Morgan fingerprint density at radius 3 is 2.67 bits per heavy atom. The molecule has 7 heteroatoms. The van der Waals surface area contributed by atoms with Crippen molar-refractivity contribution in [1.29, 1.82) is 0 Å². The molecule has 0 aliphatic heterocycles. The minimum Gasteiger partial charge on any atom is -0.467 e. The zero-order valence-electron chi connectivity index (χ0n) is 15.5. The van der Waals surface area contributed by atoms with Crippen LogP contribution in [0.15, 0.2) is 70.5 Å². The van der Waals surface area contributed by atoms with E-state index in [9.17, 15) is 0 Å². The average molecular weight is 479 g/mol. The summed E-state index contributed by atoms with van der Waals surface area (Å²) in [5, 5.41) is 6.52. The molecule has 2 aromatic heterocycles. The highest BCUT2D eigenvalue weighted by atomic mass is 127. The van der Waals surface area contributed by atoms with E-state index in [0.29, 0.717) is 13.1 Å². The number of aromatic nitrogens is 2. The second-order valence-electron chi connectivity index (χ2n) is 5.98. The maximum Gasteiger partial charge on any atom is 0.191 e. The van der Waals surface area contributed by atoms with Gasteiger partial charge in [-0.1, -0.05) is 30.3 Å². The number of benzene rings is 1. The van der Waals surface area contributed by atoms with Crippen molar-refractivity contribution in [3.63, 3.8) is 0 Å². The standard InChI is InChI=1S/C20H25N5O.HI/c1-21-20(23-15-18-10-6-14-26-18)24-16-19-22-11-13-25(19)12-5-9-17-7-3-2-4-8-17;/h2-4,6-8,10-11,13-14H,5,9,12,15-16H2,1H3,(H2,21,23,24);1H. The summed E-state index contributed by atoms with van der Waals surface area (Å²) in [6.07, 6.45) is 7.69. The van der Waals surface area contributed by atoms with Crippen LogP contribution in [0.5, 0.6) is 0 Å². The van der Waals surface area contributed by atoms with Crippen molar-refractivity contribution in [2.75, 3.05) is 7.05 Å². The zero-order valence-corrected chi connectivity index (χ0v) is 17.8. The minimum atomic E-state index is 0. The zero-order chi connectivity index (χ0) is 18.0. The molecule has 0 unspecified atom stereocenters. The molecule has 0 spiro atoms. The van der Waals surface area contributed by atoms with E-state index in [-0.39, 0.29) is 24.0 Å². The summed E-state index contributed by atoms with van der Waals surface area (Å²) in [5.74, 6) is 2.59. The number of aliphatic imine (C=N–C) groups is 1. The predicted molar refractivity (Wildman–Crippen MR) is 118 cm³/mol. The normalized spacial score (nSPS) is 11.1. The van der Waals surface area contributed by atoms with Crippen LogP contribution in [0.3, 0.4) is 0 Å². The largest absolute Gasteiger partial charge is 0.467 e. The van der Waals surface area contributed by atoms with Crippen LogP contribution in [-0.4, -0.2) is 22.6 Å². The fourth-order valence-corrected chi connectivity index (χ4v) is 2.78. The Morgan fingerprint density at radius 2 is 1.93 bits per heavy atom. The molecule has 0 amide bonds. The van der Waals surface area contributed by atoms with Crippen molar-refractivity contribution in [3.05, 3.63) is 78.3 Å². The van der Waals surface area contributed by atoms with Gasteiger partial charge in [0, 0.05) is 26.0 Å². The summed E-state index contributed by atoms with van der Waals surface area (Å²) in [5.41, 5.74) is 1.37. The number of rotatable bonds is 8. The molecule has 1 aromatic carbocycles. The van der Waals surface area contributed by atoms with Gasteiger partial charge in [0.25, 0.3) is 0 Å². The highest BCUT2D eigenvalue weighted by Gasteiger charge is 2.05. The summed E-state index contributed by atoms with van der Waals surface area (Å²) in [7, 11) is 1.75. The van der Waals surface area contributed by atoms with Crippen molar-refractivity contribution in [2.45, 2.75) is 32.5 Å². The Balaban J connectivity index is 0.00000261. The first-order valence-corrected chi connectivity index (χ1v) is 8.86. The van der Waals surface area contributed by atoms with Crippen LogP contribution in [0, 0.1) is 0 Å². The number of furan rings is 1. The monoisotopic (exact) mass is 479 g/mol. The molecule has 0 radical (unpaired) electrons. The Morgan fingerprint density at radius 1 is 1.11 bits per heavy atom. The molecule has 0 aliphatic rings. The van der Waals surface area contributed by atoms with Gasteiger partial charge in [-0.05, 0) is 30.5 Å². The lowest BCUT2D eigenvalue weighted by Crippen LogP contribution is -2.36. The number of imidazole rings is 1. The number of aryl methyl sites for hydroxylation is 2. The maximum absolute atomic E-state index is 5.32. The first-order valence-electron chi connectivity index (χ1n) is 8.86. The van der Waals surface area contributed by atoms with Gasteiger partial charge in [0.05, 0.1) is 19.4 Å². The molecular weight excluding hydrogens is 453 g/mol. The van der Waals surface area contributed by atoms with Gasteiger partial charge in [0.15, 0.2) is 5.96 Å². The van der Waals surface area contributed by atoms with Crippen LogP contribution in [0.2, 0.25) is 0 Å². The lowest BCUT2D eigenvalue weighted by atomic mass is 10.1. The smallest absolute Gasteiger partial charge is 0.191 e. The van der Waals surface area contributed by atoms with Gasteiger partial charge in [0.1, 0.15) is 11.6 Å². The van der Waals surface area contributed by atoms with Crippen LogP contribution in [-0.2, 0) is 26.1 Å². The minimum absolute atomic E-state index is 0. The summed E-state index contributed by atoms with van der Waals surface area (Å²) >= 11 is 0. The number of guanidine groups is 1. The molecule has 2 N–H and O–H groups in total. The van der Waals surface area contributed by atoms with Gasteiger partial charge in [-0.2, -0.15) is 0 Å². The van der Waals surface area contributed by atoms with Gasteiger partial charge < -0.3 is 19.6 Å². The van der Waals surface area contributed by atoms with Gasteiger partial charge in [-0.25, -0.2) is 4.98 Å². The predicted octanol–water partition coefficient (Wildman–Crippen LogP) is 3.59. The second kappa shape index (κ2) is 11.4. The first kappa shape index (κ1) is 21.0. The highest BCUT2D eigenvalue weighted by Crippen LogP contribution is 2.06. The summed E-state index contributed by atoms with van der Waals surface area (Å²) in [6.45, 7) is 2.17. The van der Waals surface area contributed by atoms with Gasteiger partial charge in [0.2, 0.25) is 0 Å². The number of hydrogen-bond acceptors (Lipinski definition) is 3. The molecule has 0 saturated carbocycles. The first-order chi connectivity index (χ1) is 12.8. The van der Waals surface area contributed by atoms with Gasteiger partial charge >= 0.3 is 0 Å². The molecule has 27 heavy (non-hydrogen) atoms. The third kappa shape index (κ3) is 6.74. The van der Waals surface area contributed by atoms with E-state index in [1.807, 2.05) is 24.5 Å². The third-order valence-electron chi connectivity index (χ3n) is 4.16. The van der Waals surface area contributed by atoms with Crippen LogP contribution in [0.1, 0.15) is 23.6 Å². The summed E-state index contributed by atoms with van der Waals surface area (Å²) in [4.78, 5) is 8.69. The molecule has 3 rings (SSSR count). The van der Waals surface area contributed by atoms with Crippen LogP contribution in [0.4, 0.5) is 0 Å². The number of halogens is 1. The maximum atomic E-state index is 5.32. The van der Waals surface area contributed by atoms with Crippen molar-refractivity contribution in [2.24, 2.45) is 4.99 Å². The third-order valence-corrected chi connectivity index (χ3v) is 4.16. The van der Waals surface area contributed by atoms with E-state index in [0.717, 1.165) is 36.9 Å². The SMILES string of the molecule is CN=C(NCc1ccco1)NCc1nccn1CCCc1ccccc1.I. The Bertz CT molecular complexity index is 799. The van der Waals surface area contributed by atoms with E-state index < -0.39 is 0 Å². The van der Waals surface area contributed by atoms with Crippen LogP contribution >= 0.6 is 24.0 Å². The molecule has 0 atom stereocenters. The molecule has 2 heterocycles. The van der Waals surface area contributed by atoms with Crippen molar-refractivity contribution in [1.82, 2.24) is 20.2 Å². The van der Waals surface area contributed by atoms with Crippen molar-refractivity contribution >= 4 is 29.9 Å². The molecule has 0 saturated heterocycles. The molecule has 0 aliphatic carbocycles. The van der Waals surface area contributed by atoms with E-state index in [4.69, 9.17) is 4.42 Å². The van der Waals surface area contributed by atoms with Crippen LogP contribution in [0.25, 0.3) is 0 Å². The Labute approximate surface area is 177 Å². The van der Waals surface area contributed by atoms with Gasteiger partial charge in [-0.15, -0.1) is 24.0 Å². The average Bonchev–Trinajstić information content (AvgIpc) is 3.35. The summed E-state index contributed by atoms with van der Waals surface area (Å²) < 4.78 is 7.51. The second-order valence-corrected chi connectivity index (χ2v) is 5.98. The lowest BCUT2D eigenvalue weighted by molar-refractivity contribution is 0.501. The van der Waals surface area contributed by atoms with E-state index in [1.165, 1.54) is 5.56 Å². The fraction of sp³-hybridized carbons (Fsp3) is 0.300. The molecule has 0 fully saturated rings. The fourth-order valence-electron chi connectivity index (χ4n) is 2.78. The number of hydrogen-bond donors (Lipinski definition) is 2. The number of nitrogens with zero attached hydrogens (tertiary/aromatic N) is 3. The highest BCUT2D eigenvalue weighted by molar-refractivity contribution is 14.0. The van der Waals surface area contributed by atoms with Crippen LogP contribution < -0.4 is 10.6 Å². The van der Waals surface area contributed by atoms with E-state index in [2.05, 4.69) is 55.5 Å². The van der Waals surface area contributed by atoms with E-state index in [1.54, 1.807) is 13.3 Å². The molecule has 0 bridgehead atoms. The van der Waals surface area contributed by atoms with Crippen molar-refractivity contribution < 1.29 is 4.42 Å². The van der Waals surface area contributed by atoms with Gasteiger partial charge in [-0.3, -0.25) is 4.99 Å². The molecule has 6 nitrogen and oxygen atoms in total. The lowest BCUT2D eigenvalue weighted by Gasteiger charge is -2.12. The molecular formula is C20H26IN5O. The molecule has 3 aromatic rings. The summed E-state index contributed by atoms with van der Waals surface area (Å²) in [6, 6.07) is 14.4. The number of nitrogens with one attached hydrogen (secondary N) is 2. The Hall–Kier alpha value is -2.29. The van der Waals surface area contributed by atoms with E-state index >= 15 is 0 Å². The molecule has 144 valence electrons. The Kier molecular flexibility index (Phi) is 8.90. The topological polar surface area (TPSA) is 67.4 Å². The van der Waals surface area contributed by atoms with Crippen molar-refractivity contribution in [3.8, 4) is 0 Å². The quantitative estimate of drug-likeness (QED) is 0.295.